The van der Waals surface area contributed by atoms with Crippen molar-refractivity contribution in [1.29, 1.82) is 0 Å². The number of rotatable bonds is 13. The van der Waals surface area contributed by atoms with Crippen molar-refractivity contribution in [2.45, 2.75) is 297 Å². The Morgan fingerprint density at radius 1 is 0.324 bits per heavy atom. The second-order valence-electron chi connectivity index (χ2n) is 40.3. The second-order valence-corrected chi connectivity index (χ2v) is 60.5. The highest BCUT2D eigenvalue weighted by Gasteiger charge is 2.36. The zero-order valence-electron chi connectivity index (χ0n) is 73.1. The highest BCUT2D eigenvalue weighted by Crippen LogP contribution is 2.35. The molecule has 102 heavy (non-hydrogen) atoms. The average molecular weight is 1450 g/mol. The molecule has 8 heteroatoms. The van der Waals surface area contributed by atoms with Crippen molar-refractivity contribution in [3.05, 3.63) is 189 Å². The molecule has 0 radical (unpaired) electrons. The summed E-state index contributed by atoms with van der Waals surface area (Å²) < 4.78 is 9.33. The van der Waals surface area contributed by atoms with Crippen molar-refractivity contribution in [2.75, 3.05) is 0 Å². The van der Waals surface area contributed by atoms with Crippen molar-refractivity contribution >= 4 is 53.0 Å². The van der Waals surface area contributed by atoms with Gasteiger partial charge >= 0.3 is 0 Å². The molecule has 556 valence electrons. The predicted molar refractivity (Wildman–Crippen MR) is 463 cm³/mol. The van der Waals surface area contributed by atoms with E-state index in [4.69, 9.17) is 0 Å². The molecule has 0 spiro atoms. The van der Waals surface area contributed by atoms with Crippen LogP contribution in [0.1, 0.15) is 217 Å². The Morgan fingerprint density at radius 3 is 0.922 bits per heavy atom. The number of nitrogens with zero attached hydrogens (tertiary/aromatic N) is 4. The van der Waals surface area contributed by atoms with Gasteiger partial charge in [0.05, 0.1) is 32.3 Å². The SMILES string of the molecule is CCC(CC)c1ccc(C)c(-c2cc([Si](C)(C)C)c(C(C)(C)C)c[n+]2C)c1.Cc1ccc(-c2cc([Si](C)(C)C)c(C(C)(C)C)c[n+]2C)c(C)c1.Cc1ccc(C(C)(C)C)cc1-c1cc([Si](C)(C)C)c(C(C)(C)C)c[n+]1C.Cc1ccc(CC(C)C)cc1-c1cc([Si](C)(C)C)c(C(C)(C)C)c[n+]1C. The lowest BCUT2D eigenvalue weighted by molar-refractivity contribution is -0.661. The average Bonchev–Trinajstić information content (AvgIpc) is 0.782. The number of hydrogen-bond acceptors (Lipinski definition) is 0. The van der Waals surface area contributed by atoms with Crippen LogP contribution in [0.2, 0.25) is 78.6 Å². The molecular formula is C94H148N4Si4+4. The third-order valence-electron chi connectivity index (χ3n) is 20.8. The highest BCUT2D eigenvalue weighted by atomic mass is 28.3. The van der Waals surface area contributed by atoms with Crippen molar-refractivity contribution < 1.29 is 18.3 Å². The molecule has 4 heterocycles. The van der Waals surface area contributed by atoms with Crippen LogP contribution < -0.4 is 39.0 Å². The summed E-state index contributed by atoms with van der Waals surface area (Å²) in [5.74, 6) is 1.33. The monoisotopic (exact) mass is 1450 g/mol. The first kappa shape index (κ1) is 87.0. The van der Waals surface area contributed by atoms with Crippen molar-refractivity contribution in [3.63, 3.8) is 0 Å². The van der Waals surface area contributed by atoms with Crippen LogP contribution in [0.3, 0.4) is 0 Å². The predicted octanol–water partition coefficient (Wildman–Crippen LogP) is 22.0. The van der Waals surface area contributed by atoms with Crippen molar-refractivity contribution in [1.82, 2.24) is 0 Å². The van der Waals surface area contributed by atoms with Crippen LogP contribution in [0.15, 0.2) is 122 Å². The lowest BCUT2D eigenvalue weighted by atomic mass is 9.84. The molecule has 4 aromatic carbocycles. The molecule has 8 rings (SSSR count). The lowest BCUT2D eigenvalue weighted by Gasteiger charge is -2.28. The summed E-state index contributed by atoms with van der Waals surface area (Å²) >= 11 is 0. The maximum Gasteiger partial charge on any atom is 0.212 e. The van der Waals surface area contributed by atoms with E-state index in [2.05, 4.69) is 413 Å². The number of hydrogen-bond donors (Lipinski definition) is 0. The summed E-state index contributed by atoms with van der Waals surface area (Å²) in [6.45, 7) is 84.6. The molecule has 0 aliphatic heterocycles. The Bertz CT molecular complexity index is 4230. The molecule has 0 atom stereocenters. The number of aryl methyl sites for hydroxylation is 9. The fourth-order valence-electron chi connectivity index (χ4n) is 14.5. The highest BCUT2D eigenvalue weighted by molar-refractivity contribution is 6.90. The van der Waals surface area contributed by atoms with E-state index < -0.39 is 32.3 Å². The topological polar surface area (TPSA) is 15.5 Å². The van der Waals surface area contributed by atoms with Gasteiger partial charge in [-0.15, -0.1) is 0 Å². The molecule has 0 N–H and O–H groups in total. The van der Waals surface area contributed by atoms with Gasteiger partial charge in [-0.2, -0.15) is 0 Å². The van der Waals surface area contributed by atoms with E-state index in [1.807, 2.05) is 0 Å². The molecule has 0 saturated carbocycles. The third kappa shape index (κ3) is 22.2. The molecule has 0 saturated heterocycles. The van der Waals surface area contributed by atoms with Crippen molar-refractivity contribution in [3.8, 4) is 45.0 Å². The molecule has 0 fully saturated rings. The third-order valence-corrected chi connectivity index (χ3v) is 28.9. The first-order chi connectivity index (χ1) is 46.2. The van der Waals surface area contributed by atoms with Gasteiger partial charge < -0.3 is 0 Å². The largest absolute Gasteiger partial charge is 0.212 e. The first-order valence-electron chi connectivity index (χ1n) is 38.8. The first-order valence-corrected chi connectivity index (χ1v) is 52.8. The van der Waals surface area contributed by atoms with Gasteiger partial charge in [-0.05, 0) is 177 Å². The van der Waals surface area contributed by atoms with Crippen LogP contribution >= 0.6 is 0 Å². The molecule has 4 nitrogen and oxygen atoms in total. The van der Waals surface area contributed by atoms with E-state index in [-0.39, 0.29) is 27.1 Å². The van der Waals surface area contributed by atoms with E-state index >= 15 is 0 Å². The maximum absolute atomic E-state index is 2.51. The van der Waals surface area contributed by atoms with Crippen LogP contribution in [-0.4, -0.2) is 32.3 Å². The molecule has 0 amide bonds. The molecule has 0 aliphatic carbocycles. The Morgan fingerprint density at radius 2 is 0.627 bits per heavy atom. The minimum atomic E-state index is -1.46. The van der Waals surface area contributed by atoms with Gasteiger partial charge in [0.25, 0.3) is 0 Å². The van der Waals surface area contributed by atoms with Crippen LogP contribution in [-0.2, 0) is 61.7 Å². The zero-order chi connectivity index (χ0) is 78.1. The van der Waals surface area contributed by atoms with Gasteiger partial charge in [-0.3, -0.25) is 0 Å². The summed E-state index contributed by atoms with van der Waals surface area (Å²) in [4.78, 5) is 0. The minimum absolute atomic E-state index is 0.161. The summed E-state index contributed by atoms with van der Waals surface area (Å²) in [5, 5.41) is 6.35. The van der Waals surface area contributed by atoms with Crippen LogP contribution in [0.5, 0.6) is 0 Å². The van der Waals surface area contributed by atoms with Gasteiger partial charge in [-0.1, -0.05) is 264 Å². The Labute approximate surface area is 631 Å². The number of pyridine rings is 4. The second kappa shape index (κ2) is 32.6. The summed E-state index contributed by atoms with van der Waals surface area (Å²) in [6, 6.07) is 37.8. The molecule has 0 aliphatic rings. The minimum Gasteiger partial charge on any atom is -0.201 e. The lowest BCUT2D eigenvalue weighted by Crippen LogP contribution is -2.47. The smallest absolute Gasteiger partial charge is 0.201 e. The van der Waals surface area contributed by atoms with Gasteiger partial charge in [0.2, 0.25) is 22.8 Å². The molecule has 0 bridgehead atoms. The normalized spacial score (nSPS) is 12.8. The van der Waals surface area contributed by atoms with E-state index in [0.29, 0.717) is 11.8 Å². The Hall–Kier alpha value is -5.65. The van der Waals surface area contributed by atoms with Gasteiger partial charge in [0.15, 0.2) is 24.8 Å². The quantitative estimate of drug-likeness (QED) is 0.0808. The van der Waals surface area contributed by atoms with Crippen LogP contribution in [0.4, 0.5) is 0 Å². The van der Waals surface area contributed by atoms with E-state index in [0.717, 1.165) is 6.42 Å². The maximum atomic E-state index is 2.51. The fourth-order valence-corrected chi connectivity index (χ4v) is 21.7. The summed E-state index contributed by atoms with van der Waals surface area (Å²) in [6.07, 6.45) is 13.1. The van der Waals surface area contributed by atoms with E-state index in [9.17, 15) is 0 Å². The Kier molecular flexibility index (Phi) is 27.8. The van der Waals surface area contributed by atoms with Crippen molar-refractivity contribution in [2.24, 2.45) is 34.1 Å². The van der Waals surface area contributed by atoms with Crippen LogP contribution in [0, 0.1) is 40.5 Å². The number of benzene rings is 4. The fraction of sp³-hybridized carbons (Fsp3) is 0.532. The van der Waals surface area contributed by atoms with E-state index in [1.165, 1.54) is 125 Å². The summed E-state index contributed by atoms with van der Waals surface area (Å²) in [7, 11) is 3.01. The zero-order valence-corrected chi connectivity index (χ0v) is 77.1. The van der Waals surface area contributed by atoms with Crippen LogP contribution in [0.25, 0.3) is 45.0 Å². The van der Waals surface area contributed by atoms with Gasteiger partial charge in [0, 0.05) is 68.8 Å². The van der Waals surface area contributed by atoms with Gasteiger partial charge in [0.1, 0.15) is 28.2 Å². The van der Waals surface area contributed by atoms with Gasteiger partial charge in [-0.25, -0.2) is 18.3 Å². The summed E-state index contributed by atoms with van der Waals surface area (Å²) in [5.41, 5.74) is 28.7. The molecular weight excluding hydrogens is 1300 g/mol. The standard InChI is InChI=1S/C25H40NSi.2C24H38NSi.C21H32NSi/c1-11-19(12-2)20-14-13-18(3)21(15-20)23-16-24(27(8,9)10)22(17-26(23)7)25(4,5)6;1-17-12-13-18(23(2,3)4)14-19(17)21-15-22(26(9,10)11)20(16-25(21)8)24(5,6)7;1-17(2)13-19-12-11-18(3)20(14-19)22-15-23(26(8,9)10)21(16-25(22)7)24(4,5)6;1-15-10-11-17(16(2)12-15)19-13-20(23(7,8)9)18(14-22(19)6)21(3,4)5/h13-17,19H,11-12H2,1-10H3;12-16H,1-11H3;11-12,14-17H,13H2,1-10H3;10-14H,1-9H3/q4*+1. The molecule has 8 aromatic rings. The van der Waals surface area contributed by atoms with E-state index in [1.54, 1.807) is 20.7 Å². The molecule has 0 unspecified atom stereocenters. The Balaban J connectivity index is 0.000000245. The molecule has 4 aromatic heterocycles. The number of aromatic nitrogens is 4.